The van der Waals surface area contributed by atoms with Crippen molar-refractivity contribution in [1.29, 1.82) is 0 Å². The third-order valence-corrected chi connectivity index (χ3v) is 6.14. The third-order valence-electron chi connectivity index (χ3n) is 3.38. The van der Waals surface area contributed by atoms with E-state index in [9.17, 15) is 9.90 Å². The van der Waals surface area contributed by atoms with Gasteiger partial charge < -0.3 is 9.90 Å². The number of hydrogen-bond acceptors (Lipinski definition) is 6. The second-order valence-electron chi connectivity index (χ2n) is 4.85. The van der Waals surface area contributed by atoms with Crippen LogP contribution in [0.1, 0.15) is 13.3 Å². The number of rotatable bonds is 5. The third kappa shape index (κ3) is 3.41. The normalized spacial score (nSPS) is 12.4. The quantitative estimate of drug-likeness (QED) is 0.475. The van der Waals surface area contributed by atoms with Crippen LogP contribution in [0.15, 0.2) is 45.5 Å². The van der Waals surface area contributed by atoms with E-state index in [0.29, 0.717) is 11.4 Å². The van der Waals surface area contributed by atoms with Gasteiger partial charge in [0.25, 0.3) is 0 Å². The molecule has 118 valence electrons. The van der Waals surface area contributed by atoms with Gasteiger partial charge in [-0.2, -0.15) is 0 Å². The zero-order valence-electron chi connectivity index (χ0n) is 12.2. The van der Waals surface area contributed by atoms with E-state index in [2.05, 4.69) is 25.9 Å². The van der Waals surface area contributed by atoms with Crippen LogP contribution in [-0.4, -0.2) is 21.2 Å². The van der Waals surface area contributed by atoms with Crippen molar-refractivity contribution in [2.75, 3.05) is 0 Å². The first-order chi connectivity index (χ1) is 11.1. The summed E-state index contributed by atoms with van der Waals surface area (Å²) in [5.41, 5.74) is 2.08. The minimum atomic E-state index is -1.07. The molecule has 0 fully saturated rings. The maximum atomic E-state index is 11.2. The van der Waals surface area contributed by atoms with Gasteiger partial charge in [-0.05, 0) is 24.1 Å². The van der Waals surface area contributed by atoms with Crippen LogP contribution < -0.4 is 5.11 Å². The predicted octanol–water partition coefficient (Wildman–Crippen LogP) is 3.74. The largest absolute Gasteiger partial charge is 0.549 e. The first kappa shape index (κ1) is 16.4. The number of benzene rings is 1. The number of aromatic nitrogens is 2. The number of carbonyl (C=O) groups excluding carboxylic acids is 1. The fraction of sp³-hybridized carbons (Fsp3) is 0.188. The molecule has 2 heterocycles. The summed E-state index contributed by atoms with van der Waals surface area (Å²) < 4.78 is 1.01. The van der Waals surface area contributed by atoms with Gasteiger partial charge in [0.15, 0.2) is 0 Å². The van der Waals surface area contributed by atoms with Crippen LogP contribution in [0.5, 0.6) is 0 Å². The predicted molar refractivity (Wildman–Crippen MR) is 95.5 cm³/mol. The molecule has 3 rings (SSSR count). The highest BCUT2D eigenvalue weighted by molar-refractivity contribution is 9.10. The standard InChI is InChI=1S/C16H13BrN2O2S2/c1-2-12(16(20)21)23-15-13-11(7-22-14(13)18-8-19-15)9-3-5-10(17)6-4-9/h3-8,12H,2H2,1H3,(H,20,21)/p-1/t12-/m1/s1. The topological polar surface area (TPSA) is 65.9 Å². The second-order valence-corrected chi connectivity index (χ2v) is 7.81. The number of hydrogen-bond donors (Lipinski definition) is 0. The van der Waals surface area contributed by atoms with Crippen molar-refractivity contribution in [2.24, 2.45) is 0 Å². The average Bonchev–Trinajstić information content (AvgIpc) is 2.98. The summed E-state index contributed by atoms with van der Waals surface area (Å²) in [5.74, 6) is -1.07. The Hall–Kier alpha value is -1.44. The summed E-state index contributed by atoms with van der Waals surface area (Å²) in [6, 6.07) is 7.99. The molecule has 7 heteroatoms. The van der Waals surface area contributed by atoms with Crippen molar-refractivity contribution >= 4 is 55.2 Å². The number of carbonyl (C=O) groups is 1. The number of carboxylic acid groups (broad SMARTS) is 1. The number of aliphatic carboxylic acids is 1. The molecule has 0 saturated carbocycles. The molecule has 0 N–H and O–H groups in total. The maximum Gasteiger partial charge on any atom is 0.128 e. The van der Waals surface area contributed by atoms with Gasteiger partial charge in [-0.1, -0.05) is 46.7 Å². The molecule has 2 aromatic heterocycles. The van der Waals surface area contributed by atoms with Gasteiger partial charge in [0.2, 0.25) is 0 Å². The number of fused-ring (bicyclic) bond motifs is 1. The molecular weight excluding hydrogens is 396 g/mol. The Morgan fingerprint density at radius 3 is 2.74 bits per heavy atom. The van der Waals surface area contributed by atoms with Crippen LogP contribution in [-0.2, 0) is 4.79 Å². The van der Waals surface area contributed by atoms with Crippen molar-refractivity contribution in [2.45, 2.75) is 23.6 Å². The van der Waals surface area contributed by atoms with Crippen LogP contribution in [0.3, 0.4) is 0 Å². The molecule has 23 heavy (non-hydrogen) atoms. The Kier molecular flexibility index (Phi) is 4.99. The van der Waals surface area contributed by atoms with E-state index in [4.69, 9.17) is 0 Å². The molecule has 0 aliphatic carbocycles. The lowest BCUT2D eigenvalue weighted by Gasteiger charge is -2.15. The summed E-state index contributed by atoms with van der Waals surface area (Å²) in [5, 5.41) is 14.2. The lowest BCUT2D eigenvalue weighted by Crippen LogP contribution is -2.33. The zero-order valence-corrected chi connectivity index (χ0v) is 15.4. The van der Waals surface area contributed by atoms with Crippen LogP contribution >= 0.6 is 39.0 Å². The van der Waals surface area contributed by atoms with Crippen LogP contribution in [0.2, 0.25) is 0 Å². The van der Waals surface area contributed by atoms with Crippen molar-refractivity contribution in [3.8, 4) is 11.1 Å². The van der Waals surface area contributed by atoms with Gasteiger partial charge in [0.05, 0.1) is 16.6 Å². The fourth-order valence-electron chi connectivity index (χ4n) is 2.21. The van der Waals surface area contributed by atoms with Crippen LogP contribution in [0.25, 0.3) is 21.3 Å². The molecule has 4 nitrogen and oxygen atoms in total. The van der Waals surface area contributed by atoms with Gasteiger partial charge in [-0.25, -0.2) is 9.97 Å². The molecule has 3 aromatic rings. The summed E-state index contributed by atoms with van der Waals surface area (Å²) in [4.78, 5) is 20.7. The number of halogens is 1. The van der Waals surface area contributed by atoms with Crippen molar-refractivity contribution in [1.82, 2.24) is 9.97 Å². The van der Waals surface area contributed by atoms with Gasteiger partial charge in [0.1, 0.15) is 16.2 Å². The molecule has 0 bridgehead atoms. The second kappa shape index (κ2) is 6.98. The van der Waals surface area contributed by atoms with Crippen LogP contribution in [0, 0.1) is 0 Å². The van der Waals surface area contributed by atoms with Crippen LogP contribution in [0.4, 0.5) is 0 Å². The Morgan fingerprint density at radius 1 is 1.35 bits per heavy atom. The van der Waals surface area contributed by atoms with E-state index < -0.39 is 11.2 Å². The number of nitrogens with zero attached hydrogens (tertiary/aromatic N) is 2. The fourth-order valence-corrected chi connectivity index (χ4v) is 4.42. The molecular formula is C16H12BrN2O2S2-. The molecule has 1 atom stereocenters. The molecule has 0 aliphatic heterocycles. The van der Waals surface area contributed by atoms with Gasteiger partial charge in [-0.15, -0.1) is 11.3 Å². The highest BCUT2D eigenvalue weighted by atomic mass is 79.9. The molecule has 0 amide bonds. The van der Waals surface area contributed by atoms with Gasteiger partial charge >= 0.3 is 0 Å². The molecule has 0 unspecified atom stereocenters. The molecule has 0 spiro atoms. The lowest BCUT2D eigenvalue weighted by molar-refractivity contribution is -0.304. The van der Waals surface area contributed by atoms with Crippen molar-refractivity contribution in [3.63, 3.8) is 0 Å². The minimum absolute atomic E-state index is 0.482. The van der Waals surface area contributed by atoms with Crippen molar-refractivity contribution < 1.29 is 9.90 Å². The van der Waals surface area contributed by atoms with Gasteiger partial charge in [0, 0.05) is 15.4 Å². The first-order valence-corrected chi connectivity index (χ1v) is 9.51. The maximum absolute atomic E-state index is 11.2. The Bertz CT molecular complexity index is 849. The Balaban J connectivity index is 2.10. The van der Waals surface area contributed by atoms with E-state index in [-0.39, 0.29) is 0 Å². The molecule has 0 saturated heterocycles. The Labute approximate surface area is 150 Å². The SMILES string of the molecule is CC[C@@H](Sc1ncnc2scc(-c3ccc(Br)cc3)c12)C(=O)[O-]. The zero-order chi connectivity index (χ0) is 16.4. The lowest BCUT2D eigenvalue weighted by atomic mass is 10.1. The number of thioether (sulfide) groups is 1. The van der Waals surface area contributed by atoms with Gasteiger partial charge in [-0.3, -0.25) is 0 Å². The highest BCUT2D eigenvalue weighted by Crippen LogP contribution is 2.39. The number of carboxylic acids is 1. The molecule has 0 aliphatic rings. The summed E-state index contributed by atoms with van der Waals surface area (Å²) in [6.07, 6.45) is 1.96. The smallest absolute Gasteiger partial charge is 0.128 e. The summed E-state index contributed by atoms with van der Waals surface area (Å²) in [6.45, 7) is 1.83. The minimum Gasteiger partial charge on any atom is -0.549 e. The monoisotopic (exact) mass is 407 g/mol. The van der Waals surface area contributed by atoms with Crippen molar-refractivity contribution in [3.05, 3.63) is 40.4 Å². The average molecular weight is 408 g/mol. The summed E-state index contributed by atoms with van der Waals surface area (Å²) in [7, 11) is 0. The van der Waals surface area contributed by atoms with E-state index >= 15 is 0 Å². The van der Waals surface area contributed by atoms with E-state index in [1.54, 1.807) is 0 Å². The molecule has 0 radical (unpaired) electrons. The van der Waals surface area contributed by atoms with E-state index in [1.807, 2.05) is 36.6 Å². The number of thiophene rings is 1. The van der Waals surface area contributed by atoms with E-state index in [1.165, 1.54) is 29.4 Å². The Morgan fingerprint density at radius 2 is 2.09 bits per heavy atom. The highest BCUT2D eigenvalue weighted by Gasteiger charge is 2.17. The molecule has 1 aromatic carbocycles. The summed E-state index contributed by atoms with van der Waals surface area (Å²) >= 11 is 6.19. The van der Waals surface area contributed by atoms with E-state index in [0.717, 1.165) is 25.8 Å². The first-order valence-electron chi connectivity index (χ1n) is 6.95.